The quantitative estimate of drug-likeness (QED) is 0.0988. The smallest absolute Gasteiger partial charge is 0.256 e. The molecule has 8 heteroatoms. The van der Waals surface area contributed by atoms with Gasteiger partial charge in [0.15, 0.2) is 0 Å². The molecule has 1 atom stereocenters. The fourth-order valence-corrected chi connectivity index (χ4v) is 6.14. The number of anilines is 1. The van der Waals surface area contributed by atoms with Crippen LogP contribution in [0, 0.1) is 0 Å². The van der Waals surface area contributed by atoms with E-state index in [1.165, 1.54) is 22.8 Å². The Balaban J connectivity index is 0.00000113. The van der Waals surface area contributed by atoms with Gasteiger partial charge in [0.25, 0.3) is 5.88 Å². The number of unbranched alkanes of at least 4 members (excludes halogenated alkanes) is 1. The summed E-state index contributed by atoms with van der Waals surface area (Å²) in [5.41, 5.74) is 3.77. The number of carbonyl (C=O) groups is 1. The van der Waals surface area contributed by atoms with Crippen molar-refractivity contribution in [2.45, 2.75) is 65.7 Å². The molecule has 0 N–H and O–H groups in total. The van der Waals surface area contributed by atoms with E-state index < -0.39 is 0 Å². The van der Waals surface area contributed by atoms with Gasteiger partial charge in [-0.2, -0.15) is 4.89 Å². The average Bonchev–Trinajstić information content (AvgIpc) is 3.34. The Kier molecular flexibility index (Phi) is 15.0. The Morgan fingerprint density at radius 2 is 1.78 bits per heavy atom. The van der Waals surface area contributed by atoms with E-state index in [-0.39, 0.29) is 21.5 Å². The van der Waals surface area contributed by atoms with E-state index in [2.05, 4.69) is 53.8 Å². The Labute approximate surface area is 251 Å². The largest absolute Gasteiger partial charge is 0.494 e. The van der Waals surface area contributed by atoms with Gasteiger partial charge in [0.1, 0.15) is 18.6 Å². The lowest BCUT2D eigenvalue weighted by molar-refractivity contribution is -0.204. The van der Waals surface area contributed by atoms with Gasteiger partial charge in [0.2, 0.25) is 0 Å². The maximum Gasteiger partial charge on any atom is 0.256 e. The molecular weight excluding hydrogens is 534 g/mol. The average molecular weight is 584 g/mol. The number of carbonyl (C=O) groups excluding carboxylic acids is 1. The standard InChI is InChI=1S/C28H33N3O4S.C3H8.2CH4/c1-21-20-36-26-6-4-5-25(28(21)26)31-14-12-30(13-15-31)11-2-3-17-33-23-9-7-22-8-10-27(29-24(22)19-23)35-34-18-16-32;1-3-2;;/h4-10,16,19,21H,2-3,11-15,17-18,20H2,1H3;3H2,1-2H3;2*1H4. The van der Waals surface area contributed by atoms with E-state index in [1.807, 2.05) is 36.0 Å². The first kappa shape index (κ1) is 34.4. The van der Waals surface area contributed by atoms with Gasteiger partial charge in [-0.1, -0.05) is 48.1 Å². The predicted molar refractivity (Wildman–Crippen MR) is 173 cm³/mol. The van der Waals surface area contributed by atoms with Gasteiger partial charge in [-0.05, 0) is 61.2 Å². The number of pyridine rings is 1. The van der Waals surface area contributed by atoms with Crippen LogP contribution in [0.1, 0.15) is 66.4 Å². The van der Waals surface area contributed by atoms with E-state index in [0.717, 1.165) is 62.2 Å². The first-order valence-corrected chi connectivity index (χ1v) is 15.1. The van der Waals surface area contributed by atoms with Crippen LogP contribution in [0.15, 0.2) is 53.4 Å². The second-order valence-corrected chi connectivity index (χ2v) is 11.1. The second-order valence-electron chi connectivity index (χ2n) is 10.0. The molecule has 1 fully saturated rings. The molecule has 1 saturated heterocycles. The van der Waals surface area contributed by atoms with Crippen LogP contribution in [-0.4, -0.2) is 67.9 Å². The molecule has 3 heterocycles. The number of aromatic nitrogens is 1. The van der Waals surface area contributed by atoms with Crippen LogP contribution in [0.25, 0.3) is 10.9 Å². The Hall–Kier alpha value is -2.81. The maximum absolute atomic E-state index is 10.4. The first-order chi connectivity index (χ1) is 19.1. The molecule has 3 aromatic rings. The number of benzene rings is 2. The highest BCUT2D eigenvalue weighted by atomic mass is 32.2. The van der Waals surface area contributed by atoms with Crippen LogP contribution >= 0.6 is 11.8 Å². The fourth-order valence-electron chi connectivity index (χ4n) is 4.90. The predicted octanol–water partition coefficient (Wildman–Crippen LogP) is 7.62. The van der Waals surface area contributed by atoms with Crippen molar-refractivity contribution in [3.8, 4) is 11.6 Å². The van der Waals surface area contributed by atoms with Crippen molar-refractivity contribution in [1.29, 1.82) is 0 Å². The fraction of sp³-hybridized carbons (Fsp3) is 0.515. The van der Waals surface area contributed by atoms with Gasteiger partial charge in [-0.25, -0.2) is 4.98 Å². The van der Waals surface area contributed by atoms with Gasteiger partial charge in [-0.3, -0.25) is 4.90 Å². The van der Waals surface area contributed by atoms with Gasteiger partial charge < -0.3 is 19.3 Å². The van der Waals surface area contributed by atoms with Crippen molar-refractivity contribution >= 4 is 34.6 Å². The van der Waals surface area contributed by atoms with Gasteiger partial charge in [-0.15, -0.1) is 11.8 Å². The molecule has 2 aliphatic heterocycles. The Morgan fingerprint density at radius 1 is 1.02 bits per heavy atom. The third kappa shape index (κ3) is 9.62. The molecule has 0 radical (unpaired) electrons. The summed E-state index contributed by atoms with van der Waals surface area (Å²) < 4.78 is 5.98. The zero-order valence-electron chi connectivity index (χ0n) is 23.4. The highest BCUT2D eigenvalue weighted by Crippen LogP contribution is 2.44. The molecular formula is C33H49N3O4S. The van der Waals surface area contributed by atoms with Gasteiger partial charge >= 0.3 is 0 Å². The van der Waals surface area contributed by atoms with E-state index in [9.17, 15) is 4.79 Å². The van der Waals surface area contributed by atoms with E-state index in [1.54, 1.807) is 11.6 Å². The van der Waals surface area contributed by atoms with Gasteiger partial charge in [0.05, 0.1) is 12.1 Å². The molecule has 0 amide bonds. The van der Waals surface area contributed by atoms with Crippen LogP contribution in [0.5, 0.6) is 11.6 Å². The van der Waals surface area contributed by atoms with Crippen molar-refractivity contribution in [2.24, 2.45) is 0 Å². The van der Waals surface area contributed by atoms with Crippen LogP contribution in [0.4, 0.5) is 5.69 Å². The summed E-state index contributed by atoms with van der Waals surface area (Å²) >= 11 is 2.00. The first-order valence-electron chi connectivity index (χ1n) is 14.1. The van der Waals surface area contributed by atoms with Crippen LogP contribution in [0.2, 0.25) is 0 Å². The van der Waals surface area contributed by atoms with Crippen molar-refractivity contribution in [3.63, 3.8) is 0 Å². The third-order valence-corrected chi connectivity index (χ3v) is 8.13. The molecule has 1 aromatic heterocycles. The molecule has 0 aliphatic carbocycles. The summed E-state index contributed by atoms with van der Waals surface area (Å²) in [5, 5.41) is 0.984. The monoisotopic (exact) mass is 583 g/mol. The van der Waals surface area contributed by atoms with Crippen molar-refractivity contribution in [3.05, 3.63) is 54.1 Å². The molecule has 7 nitrogen and oxygen atoms in total. The number of piperazine rings is 1. The third-order valence-electron chi connectivity index (χ3n) is 6.79. The zero-order valence-corrected chi connectivity index (χ0v) is 24.3. The molecule has 0 spiro atoms. The molecule has 2 aliphatic rings. The minimum atomic E-state index is -0.133. The number of ether oxygens (including phenoxy) is 1. The maximum atomic E-state index is 10.4. The minimum absolute atomic E-state index is 0. The lowest BCUT2D eigenvalue weighted by Crippen LogP contribution is -2.47. The lowest BCUT2D eigenvalue weighted by atomic mass is 10.00. The minimum Gasteiger partial charge on any atom is -0.494 e. The SMILES string of the molecule is C.C.CC1CSc2cccc(N3CCN(CCCCOc4ccc5ccc(OOCC=O)nc5c4)CC3)c21.CCC. The molecule has 5 rings (SSSR count). The summed E-state index contributed by atoms with van der Waals surface area (Å²) in [6, 6.07) is 16.3. The number of hydrogen-bond donors (Lipinski definition) is 0. The normalized spacial score (nSPS) is 16.1. The molecule has 2 aromatic carbocycles. The molecule has 41 heavy (non-hydrogen) atoms. The Bertz CT molecular complexity index is 1200. The highest BCUT2D eigenvalue weighted by molar-refractivity contribution is 7.99. The van der Waals surface area contributed by atoms with Crippen molar-refractivity contribution in [2.75, 3.05) is 56.6 Å². The van der Waals surface area contributed by atoms with Gasteiger partial charge in [0, 0.05) is 60.0 Å². The summed E-state index contributed by atoms with van der Waals surface area (Å²) in [6.07, 6.45) is 4.00. The number of aldehydes is 1. The zero-order chi connectivity index (χ0) is 27.5. The molecule has 1 unspecified atom stereocenters. The van der Waals surface area contributed by atoms with Crippen molar-refractivity contribution in [1.82, 2.24) is 9.88 Å². The number of thioether (sulfide) groups is 1. The summed E-state index contributed by atoms with van der Waals surface area (Å²) in [5.74, 6) is 2.95. The summed E-state index contributed by atoms with van der Waals surface area (Å²) in [7, 11) is 0. The van der Waals surface area contributed by atoms with Crippen molar-refractivity contribution < 1.29 is 19.3 Å². The topological polar surface area (TPSA) is 64.1 Å². The Morgan fingerprint density at radius 3 is 2.54 bits per heavy atom. The lowest BCUT2D eigenvalue weighted by Gasteiger charge is -2.37. The number of nitrogens with zero attached hydrogens (tertiary/aromatic N) is 3. The van der Waals surface area contributed by atoms with E-state index >= 15 is 0 Å². The van der Waals surface area contributed by atoms with E-state index in [0.29, 0.717) is 24.7 Å². The van der Waals surface area contributed by atoms with Crippen LogP contribution in [-0.2, 0) is 9.68 Å². The molecule has 226 valence electrons. The number of hydrogen-bond acceptors (Lipinski definition) is 8. The summed E-state index contributed by atoms with van der Waals surface area (Å²) in [4.78, 5) is 31.2. The molecule has 0 saturated carbocycles. The van der Waals surface area contributed by atoms with Crippen LogP contribution < -0.4 is 14.5 Å². The number of rotatable bonds is 11. The molecule has 0 bridgehead atoms. The second kappa shape index (κ2) is 17.9. The summed E-state index contributed by atoms with van der Waals surface area (Å²) in [6.45, 7) is 12.7. The number of fused-ring (bicyclic) bond motifs is 2. The van der Waals surface area contributed by atoms with E-state index in [4.69, 9.17) is 14.5 Å². The van der Waals surface area contributed by atoms with Crippen LogP contribution in [0.3, 0.4) is 0 Å². The highest BCUT2D eigenvalue weighted by Gasteiger charge is 2.26.